The van der Waals surface area contributed by atoms with Crippen molar-refractivity contribution in [1.82, 2.24) is 0 Å². The van der Waals surface area contributed by atoms with Gasteiger partial charge in [-0.1, -0.05) is 13.0 Å². The van der Waals surface area contributed by atoms with Gasteiger partial charge in [0, 0.05) is 19.4 Å². The number of carbonyl (C=O) groups is 1. The van der Waals surface area contributed by atoms with E-state index in [2.05, 4.69) is 19.1 Å². The van der Waals surface area contributed by atoms with Crippen LogP contribution in [0.4, 0.5) is 0 Å². The van der Waals surface area contributed by atoms with Gasteiger partial charge in [0.1, 0.15) is 12.0 Å². The molecule has 0 aliphatic heterocycles. The van der Waals surface area contributed by atoms with Crippen molar-refractivity contribution < 1.29 is 14.3 Å². The smallest absolute Gasteiger partial charge is 0.120 e. The molecular weight excluding hydrogens is 204 g/mol. The van der Waals surface area contributed by atoms with E-state index < -0.39 is 0 Å². The number of allylic oxidation sites excluding steroid dienone is 2. The minimum Gasteiger partial charge on any atom is -0.494 e. The Hall–Kier alpha value is -1.09. The second kappa shape index (κ2) is 7.23. The van der Waals surface area contributed by atoms with Gasteiger partial charge in [0.15, 0.2) is 0 Å². The van der Waals surface area contributed by atoms with Crippen LogP contribution < -0.4 is 0 Å². The maximum Gasteiger partial charge on any atom is 0.120 e. The average molecular weight is 224 g/mol. The molecule has 0 saturated carbocycles. The molecule has 0 fully saturated rings. The van der Waals surface area contributed by atoms with E-state index in [-0.39, 0.29) is 0 Å². The predicted octanol–water partition coefficient (Wildman–Crippen LogP) is 2.33. The van der Waals surface area contributed by atoms with Gasteiger partial charge in [0.2, 0.25) is 0 Å². The molecule has 0 aromatic heterocycles. The molecule has 90 valence electrons. The molecule has 0 aromatic carbocycles. The minimum absolute atomic E-state index is 0.436. The summed E-state index contributed by atoms with van der Waals surface area (Å²) in [5.74, 6) is 1.78. The summed E-state index contributed by atoms with van der Waals surface area (Å²) >= 11 is 0. The molecule has 1 aliphatic carbocycles. The van der Waals surface area contributed by atoms with Crippen molar-refractivity contribution in [3.05, 3.63) is 24.0 Å². The maximum absolute atomic E-state index is 10.1. The lowest BCUT2D eigenvalue weighted by atomic mass is 9.90. The molecule has 2 atom stereocenters. The van der Waals surface area contributed by atoms with Crippen molar-refractivity contribution in [1.29, 1.82) is 0 Å². The van der Waals surface area contributed by atoms with Gasteiger partial charge in [0.25, 0.3) is 0 Å². The SMILES string of the molecule is COCC1C=CC(OCCCC=O)=CC1C. The predicted molar refractivity (Wildman–Crippen MR) is 63.0 cm³/mol. The fourth-order valence-electron chi connectivity index (χ4n) is 1.68. The van der Waals surface area contributed by atoms with E-state index in [1.165, 1.54) is 0 Å². The van der Waals surface area contributed by atoms with Crippen LogP contribution in [-0.2, 0) is 14.3 Å². The summed E-state index contributed by atoms with van der Waals surface area (Å²) in [7, 11) is 1.72. The molecule has 0 amide bonds. The summed E-state index contributed by atoms with van der Waals surface area (Å²) in [4.78, 5) is 10.1. The van der Waals surface area contributed by atoms with Crippen LogP contribution in [0, 0.1) is 11.8 Å². The number of rotatable bonds is 7. The Bertz CT molecular complexity index is 268. The van der Waals surface area contributed by atoms with Crippen molar-refractivity contribution in [2.45, 2.75) is 19.8 Å². The molecule has 0 heterocycles. The zero-order chi connectivity index (χ0) is 11.8. The first-order valence-electron chi connectivity index (χ1n) is 5.73. The fraction of sp³-hybridized carbons (Fsp3) is 0.615. The zero-order valence-corrected chi connectivity index (χ0v) is 10.0. The minimum atomic E-state index is 0.436. The number of ether oxygens (including phenoxy) is 2. The Morgan fingerprint density at radius 2 is 2.31 bits per heavy atom. The quantitative estimate of drug-likeness (QED) is 0.492. The standard InChI is InChI=1S/C13H20O3/c1-11-9-13(16-8-4-3-7-14)6-5-12(11)10-15-2/h5-7,9,11-12H,3-4,8,10H2,1-2H3. The second-order valence-corrected chi connectivity index (χ2v) is 4.06. The molecule has 0 spiro atoms. The van der Waals surface area contributed by atoms with Gasteiger partial charge in [0.05, 0.1) is 13.2 Å². The first-order chi connectivity index (χ1) is 7.77. The molecule has 0 saturated heterocycles. The first kappa shape index (κ1) is 13.0. The normalized spacial score (nSPS) is 24.0. The highest BCUT2D eigenvalue weighted by molar-refractivity contribution is 5.48. The summed E-state index contributed by atoms with van der Waals surface area (Å²) in [6, 6.07) is 0. The Morgan fingerprint density at radius 3 is 2.94 bits per heavy atom. The van der Waals surface area contributed by atoms with E-state index >= 15 is 0 Å². The Balaban J connectivity index is 2.32. The molecule has 0 bridgehead atoms. The number of aldehydes is 1. The van der Waals surface area contributed by atoms with E-state index in [1.54, 1.807) is 7.11 Å². The lowest BCUT2D eigenvalue weighted by Crippen LogP contribution is -2.16. The molecule has 1 rings (SSSR count). The van der Waals surface area contributed by atoms with Gasteiger partial charge in [-0.05, 0) is 24.5 Å². The fourth-order valence-corrected chi connectivity index (χ4v) is 1.68. The summed E-state index contributed by atoms with van der Waals surface area (Å²) in [5.41, 5.74) is 0. The molecular formula is C13H20O3. The van der Waals surface area contributed by atoms with Gasteiger partial charge in [-0.25, -0.2) is 0 Å². The van der Waals surface area contributed by atoms with Crippen molar-refractivity contribution in [2.75, 3.05) is 20.3 Å². The van der Waals surface area contributed by atoms with Crippen LogP contribution in [0.2, 0.25) is 0 Å². The number of carbonyl (C=O) groups excluding carboxylic acids is 1. The van der Waals surface area contributed by atoms with Gasteiger partial charge < -0.3 is 14.3 Å². The van der Waals surface area contributed by atoms with E-state index in [1.807, 2.05) is 6.08 Å². The molecule has 1 aliphatic rings. The third kappa shape index (κ3) is 4.19. The van der Waals surface area contributed by atoms with Crippen LogP contribution >= 0.6 is 0 Å². The zero-order valence-electron chi connectivity index (χ0n) is 10.0. The lowest BCUT2D eigenvalue weighted by molar-refractivity contribution is -0.108. The molecule has 0 radical (unpaired) electrons. The van der Waals surface area contributed by atoms with Crippen LogP contribution in [0.5, 0.6) is 0 Å². The van der Waals surface area contributed by atoms with Crippen LogP contribution in [0.1, 0.15) is 19.8 Å². The number of hydrogen-bond acceptors (Lipinski definition) is 3. The monoisotopic (exact) mass is 224 g/mol. The molecule has 16 heavy (non-hydrogen) atoms. The van der Waals surface area contributed by atoms with Crippen molar-refractivity contribution in [3.8, 4) is 0 Å². The van der Waals surface area contributed by atoms with Crippen LogP contribution in [0.3, 0.4) is 0 Å². The van der Waals surface area contributed by atoms with E-state index in [4.69, 9.17) is 9.47 Å². The summed E-state index contributed by atoms with van der Waals surface area (Å²) in [5, 5.41) is 0. The van der Waals surface area contributed by atoms with Crippen molar-refractivity contribution >= 4 is 6.29 Å². The van der Waals surface area contributed by atoms with Crippen LogP contribution in [0.25, 0.3) is 0 Å². The van der Waals surface area contributed by atoms with Gasteiger partial charge in [-0.2, -0.15) is 0 Å². The molecule has 0 N–H and O–H groups in total. The molecule has 3 heteroatoms. The molecule has 0 aromatic rings. The van der Waals surface area contributed by atoms with Crippen molar-refractivity contribution in [2.24, 2.45) is 11.8 Å². The van der Waals surface area contributed by atoms with Crippen molar-refractivity contribution in [3.63, 3.8) is 0 Å². The largest absolute Gasteiger partial charge is 0.494 e. The van der Waals surface area contributed by atoms with Crippen LogP contribution in [0.15, 0.2) is 24.0 Å². The number of hydrogen-bond donors (Lipinski definition) is 0. The highest BCUT2D eigenvalue weighted by Gasteiger charge is 2.16. The molecule has 3 nitrogen and oxygen atoms in total. The number of methoxy groups -OCH3 is 1. The highest BCUT2D eigenvalue weighted by Crippen LogP contribution is 2.23. The van der Waals surface area contributed by atoms with Gasteiger partial charge in [-0.15, -0.1) is 0 Å². The van der Waals surface area contributed by atoms with Crippen LogP contribution in [-0.4, -0.2) is 26.6 Å². The van der Waals surface area contributed by atoms with E-state index in [9.17, 15) is 4.79 Å². The maximum atomic E-state index is 10.1. The Kier molecular flexibility index (Phi) is 5.86. The third-order valence-electron chi connectivity index (χ3n) is 2.70. The van der Waals surface area contributed by atoms with Gasteiger partial charge >= 0.3 is 0 Å². The summed E-state index contributed by atoms with van der Waals surface area (Å²) < 4.78 is 10.7. The summed E-state index contributed by atoms with van der Waals surface area (Å²) in [6.07, 6.45) is 8.51. The Labute approximate surface area is 97.1 Å². The lowest BCUT2D eigenvalue weighted by Gasteiger charge is -2.22. The topological polar surface area (TPSA) is 35.5 Å². The third-order valence-corrected chi connectivity index (χ3v) is 2.70. The molecule has 2 unspecified atom stereocenters. The second-order valence-electron chi connectivity index (χ2n) is 4.06. The van der Waals surface area contributed by atoms with E-state index in [0.29, 0.717) is 24.9 Å². The Morgan fingerprint density at radius 1 is 1.50 bits per heavy atom. The number of unbranched alkanes of at least 4 members (excludes halogenated alkanes) is 1. The average Bonchev–Trinajstić information content (AvgIpc) is 2.28. The first-order valence-corrected chi connectivity index (χ1v) is 5.73. The summed E-state index contributed by atoms with van der Waals surface area (Å²) in [6.45, 7) is 3.51. The van der Waals surface area contributed by atoms with Gasteiger partial charge in [-0.3, -0.25) is 0 Å². The van der Waals surface area contributed by atoms with E-state index in [0.717, 1.165) is 25.1 Å². The highest BCUT2D eigenvalue weighted by atomic mass is 16.5.